The maximum absolute atomic E-state index is 12.2. The average molecular weight is 318 g/mol. The van der Waals surface area contributed by atoms with Gasteiger partial charge in [-0.25, -0.2) is 0 Å². The maximum atomic E-state index is 12.2. The van der Waals surface area contributed by atoms with Crippen molar-refractivity contribution in [3.05, 3.63) is 59.7 Å². The number of anilines is 1. The summed E-state index contributed by atoms with van der Waals surface area (Å²) in [7, 11) is -2.74. The second kappa shape index (κ2) is 6.58. The Bertz CT molecular complexity index is 778. The van der Waals surface area contributed by atoms with Gasteiger partial charge < -0.3 is 0 Å². The predicted molar refractivity (Wildman–Crippen MR) is 80.1 cm³/mol. The first-order valence-corrected chi connectivity index (χ1v) is 7.73. The Morgan fingerprint density at radius 1 is 1.05 bits per heavy atom. The molecule has 2 aromatic rings. The average Bonchev–Trinajstić information content (AvgIpc) is 2.53. The van der Waals surface area contributed by atoms with Crippen LogP contribution < -0.4 is 5.23 Å². The fourth-order valence-corrected chi connectivity index (χ4v) is 2.55. The lowest BCUT2D eigenvalue weighted by atomic mass is 10.2. The molecule has 114 valence electrons. The van der Waals surface area contributed by atoms with Crippen molar-refractivity contribution in [1.82, 2.24) is 0 Å². The Labute approximate surface area is 129 Å². The number of hydrogen-bond acceptors (Lipinski definition) is 6. The van der Waals surface area contributed by atoms with Gasteiger partial charge in [-0.15, -0.1) is 9.51 Å². The molecule has 0 saturated heterocycles. The van der Waals surface area contributed by atoms with E-state index in [1.54, 1.807) is 12.1 Å². The summed E-state index contributed by atoms with van der Waals surface area (Å²) in [5, 5.41) is 9.53. The standard InChI is InChI=1S/C15H14N2O4S/c1-12-3-9-15(10-4-12)22(18,19)21-17(20-2)14-7-5-13(11-16)6-8-14/h3-10H,1-2H3. The van der Waals surface area contributed by atoms with E-state index < -0.39 is 10.1 Å². The van der Waals surface area contributed by atoms with Crippen LogP contribution in [0.1, 0.15) is 11.1 Å². The molecule has 0 fully saturated rings. The van der Waals surface area contributed by atoms with Crippen molar-refractivity contribution < 1.29 is 17.5 Å². The van der Waals surface area contributed by atoms with Crippen LogP contribution in [0, 0.1) is 18.3 Å². The smallest absolute Gasteiger partial charge is 0.251 e. The highest BCUT2D eigenvalue weighted by atomic mass is 32.2. The van der Waals surface area contributed by atoms with Crippen LogP contribution in [0.15, 0.2) is 53.4 Å². The number of rotatable bonds is 5. The number of nitrogens with zero attached hydrogens (tertiary/aromatic N) is 2. The van der Waals surface area contributed by atoms with Gasteiger partial charge >= 0.3 is 10.1 Å². The lowest BCUT2D eigenvalue weighted by Crippen LogP contribution is -2.26. The van der Waals surface area contributed by atoms with Crippen LogP contribution in [0.25, 0.3) is 0 Å². The highest BCUT2D eigenvalue weighted by Gasteiger charge is 2.21. The highest BCUT2D eigenvalue weighted by molar-refractivity contribution is 7.86. The Kier molecular flexibility index (Phi) is 4.78. The molecule has 2 aromatic carbocycles. The fourth-order valence-electron chi connectivity index (χ4n) is 1.67. The molecule has 2 rings (SSSR count). The summed E-state index contributed by atoms with van der Waals surface area (Å²) < 4.78 is 29.4. The number of aryl methyl sites for hydroxylation is 1. The minimum Gasteiger partial charge on any atom is -0.251 e. The molecule has 0 amide bonds. The van der Waals surface area contributed by atoms with E-state index >= 15 is 0 Å². The largest absolute Gasteiger partial charge is 0.319 e. The third-order valence-electron chi connectivity index (χ3n) is 2.85. The Morgan fingerprint density at radius 2 is 1.64 bits per heavy atom. The maximum Gasteiger partial charge on any atom is 0.319 e. The minimum absolute atomic E-state index is 0.0220. The zero-order valence-electron chi connectivity index (χ0n) is 12.1. The second-order valence-corrected chi connectivity index (χ2v) is 5.97. The lowest BCUT2D eigenvalue weighted by molar-refractivity contribution is 0.0133. The zero-order valence-corrected chi connectivity index (χ0v) is 12.9. The third kappa shape index (κ3) is 3.62. The first-order chi connectivity index (χ1) is 10.5. The van der Waals surface area contributed by atoms with Gasteiger partial charge in [0.2, 0.25) is 0 Å². The molecule has 0 aromatic heterocycles. The van der Waals surface area contributed by atoms with E-state index in [1.165, 1.54) is 43.5 Å². The molecule has 0 radical (unpaired) electrons. The van der Waals surface area contributed by atoms with Gasteiger partial charge in [0.25, 0.3) is 0 Å². The van der Waals surface area contributed by atoms with E-state index in [0.29, 0.717) is 11.3 Å². The Morgan fingerprint density at radius 3 is 2.14 bits per heavy atom. The van der Waals surface area contributed by atoms with Crippen molar-refractivity contribution in [1.29, 1.82) is 5.26 Å². The number of nitriles is 1. The Hall–Kier alpha value is -2.40. The van der Waals surface area contributed by atoms with Crippen molar-refractivity contribution >= 4 is 15.8 Å². The molecular weight excluding hydrogens is 304 g/mol. The third-order valence-corrected chi connectivity index (χ3v) is 4.03. The highest BCUT2D eigenvalue weighted by Crippen LogP contribution is 2.21. The van der Waals surface area contributed by atoms with Crippen molar-refractivity contribution in [2.45, 2.75) is 11.8 Å². The first kappa shape index (κ1) is 16.0. The summed E-state index contributed by atoms with van der Waals surface area (Å²) in [6.45, 7) is 1.86. The predicted octanol–water partition coefficient (Wildman–Crippen LogP) is 2.56. The minimum atomic E-state index is -4.02. The molecule has 0 bridgehead atoms. The van der Waals surface area contributed by atoms with Crippen LogP contribution in [0.3, 0.4) is 0 Å². The van der Waals surface area contributed by atoms with Crippen LogP contribution in [0.4, 0.5) is 5.69 Å². The monoisotopic (exact) mass is 318 g/mol. The van der Waals surface area contributed by atoms with E-state index in [9.17, 15) is 8.42 Å². The molecular formula is C15H14N2O4S. The summed E-state index contributed by atoms with van der Waals surface area (Å²) in [5.74, 6) is 0. The molecule has 0 spiro atoms. The first-order valence-electron chi connectivity index (χ1n) is 6.32. The summed E-state index contributed by atoms with van der Waals surface area (Å²) in [6, 6.07) is 14.3. The molecule has 0 atom stereocenters. The van der Waals surface area contributed by atoms with Crippen LogP contribution in [-0.4, -0.2) is 15.5 Å². The molecule has 22 heavy (non-hydrogen) atoms. The molecule has 7 heteroatoms. The van der Waals surface area contributed by atoms with Gasteiger partial charge in [0.05, 0.1) is 29.3 Å². The van der Waals surface area contributed by atoms with Gasteiger partial charge in [-0.2, -0.15) is 13.7 Å². The quantitative estimate of drug-likeness (QED) is 0.788. The summed E-state index contributed by atoms with van der Waals surface area (Å²) >= 11 is 0. The van der Waals surface area contributed by atoms with Crippen LogP contribution in [0.2, 0.25) is 0 Å². The van der Waals surface area contributed by atoms with E-state index in [-0.39, 0.29) is 4.90 Å². The van der Waals surface area contributed by atoms with E-state index in [1.807, 2.05) is 13.0 Å². The SMILES string of the molecule is CON(OS(=O)(=O)c1ccc(C)cc1)c1ccc(C#N)cc1. The second-order valence-electron chi connectivity index (χ2n) is 4.44. The summed E-state index contributed by atoms with van der Waals surface area (Å²) in [6.07, 6.45) is 0. The van der Waals surface area contributed by atoms with Gasteiger partial charge in [0.1, 0.15) is 0 Å². The van der Waals surface area contributed by atoms with Crippen molar-refractivity contribution in [3.63, 3.8) is 0 Å². The van der Waals surface area contributed by atoms with Crippen LogP contribution >= 0.6 is 0 Å². The molecule has 0 N–H and O–H groups in total. The van der Waals surface area contributed by atoms with E-state index in [4.69, 9.17) is 14.4 Å². The number of hydrogen-bond donors (Lipinski definition) is 0. The molecule has 0 aliphatic carbocycles. The normalized spacial score (nSPS) is 11.0. The van der Waals surface area contributed by atoms with Crippen LogP contribution in [-0.2, 0) is 19.2 Å². The lowest BCUT2D eigenvalue weighted by Gasteiger charge is -2.19. The van der Waals surface area contributed by atoms with Gasteiger partial charge in [-0.1, -0.05) is 17.7 Å². The Balaban J connectivity index is 2.25. The molecule has 0 heterocycles. The van der Waals surface area contributed by atoms with E-state index in [2.05, 4.69) is 0 Å². The number of benzene rings is 2. The molecule has 0 unspecified atom stereocenters. The fraction of sp³-hybridized carbons (Fsp3) is 0.133. The van der Waals surface area contributed by atoms with Gasteiger partial charge in [0.15, 0.2) is 0 Å². The van der Waals surface area contributed by atoms with Crippen molar-refractivity contribution in [3.8, 4) is 6.07 Å². The summed E-state index contributed by atoms with van der Waals surface area (Å²) in [5.41, 5.74) is 1.73. The van der Waals surface area contributed by atoms with Crippen molar-refractivity contribution in [2.24, 2.45) is 0 Å². The van der Waals surface area contributed by atoms with Crippen LogP contribution in [0.5, 0.6) is 0 Å². The zero-order chi connectivity index (χ0) is 16.2. The van der Waals surface area contributed by atoms with Gasteiger partial charge in [-0.05, 0) is 43.3 Å². The van der Waals surface area contributed by atoms with Gasteiger partial charge in [-0.3, -0.25) is 4.84 Å². The summed E-state index contributed by atoms with van der Waals surface area (Å²) in [4.78, 5) is 4.96. The van der Waals surface area contributed by atoms with E-state index in [0.717, 1.165) is 10.8 Å². The molecule has 0 aliphatic rings. The van der Waals surface area contributed by atoms with Crippen molar-refractivity contribution in [2.75, 3.05) is 12.3 Å². The molecule has 0 saturated carbocycles. The molecule has 0 aliphatic heterocycles. The van der Waals surface area contributed by atoms with Gasteiger partial charge in [0, 0.05) is 0 Å². The molecule has 6 nitrogen and oxygen atoms in total. The topological polar surface area (TPSA) is 79.6 Å².